The van der Waals surface area contributed by atoms with Gasteiger partial charge in [-0.3, -0.25) is 0 Å². The highest BCUT2D eigenvalue weighted by Gasteiger charge is 2.00. The highest BCUT2D eigenvalue weighted by atomic mass is 79.9. The molecule has 0 aromatic heterocycles. The topological polar surface area (TPSA) is 12.0 Å². The summed E-state index contributed by atoms with van der Waals surface area (Å²) in [5.74, 6) is 0. The molecule has 0 aliphatic carbocycles. The molecule has 1 aromatic carbocycles. The minimum atomic E-state index is 0.750. The van der Waals surface area contributed by atoms with Crippen molar-refractivity contribution in [2.75, 3.05) is 7.05 Å². The van der Waals surface area contributed by atoms with Crippen LogP contribution in [0, 0.1) is 0 Å². The summed E-state index contributed by atoms with van der Waals surface area (Å²) in [5, 5.41) is 3.93. The summed E-state index contributed by atoms with van der Waals surface area (Å²) in [7, 11) is 1.91. The fourth-order valence-corrected chi connectivity index (χ4v) is 1.56. The highest BCUT2D eigenvalue weighted by Crippen LogP contribution is 2.20. The Morgan fingerprint density at radius 1 is 1.25 bits per heavy atom. The van der Waals surface area contributed by atoms with Crippen LogP contribution in [0.5, 0.6) is 0 Å². The molecule has 1 nitrogen and oxygen atoms in total. The first kappa shape index (κ1) is 13.3. The van der Waals surface area contributed by atoms with E-state index in [0.29, 0.717) is 0 Å². The summed E-state index contributed by atoms with van der Waals surface area (Å²) in [6.07, 6.45) is 2.07. The zero-order valence-electron chi connectivity index (χ0n) is 9.64. The van der Waals surface area contributed by atoms with Crippen LogP contribution < -0.4 is 5.32 Å². The average molecular weight is 301 g/mol. The van der Waals surface area contributed by atoms with E-state index >= 15 is 0 Å². The summed E-state index contributed by atoms with van der Waals surface area (Å²) >= 11 is 9.39. The van der Waals surface area contributed by atoms with Gasteiger partial charge in [0.15, 0.2) is 0 Å². The summed E-state index contributed by atoms with van der Waals surface area (Å²) in [5.41, 5.74) is 3.41. The van der Waals surface area contributed by atoms with Crippen LogP contribution in [0.25, 0.3) is 5.70 Å². The average Bonchev–Trinajstić information content (AvgIpc) is 2.26. The van der Waals surface area contributed by atoms with Crippen LogP contribution in [0.2, 0.25) is 5.02 Å². The van der Waals surface area contributed by atoms with Gasteiger partial charge >= 0.3 is 0 Å². The predicted molar refractivity (Wildman–Crippen MR) is 75.8 cm³/mol. The molecular formula is C13H15BrClN. The van der Waals surface area contributed by atoms with Gasteiger partial charge in [-0.2, -0.15) is 0 Å². The smallest absolute Gasteiger partial charge is 0.0422 e. The molecule has 0 spiro atoms. The third kappa shape index (κ3) is 3.69. The molecule has 86 valence electrons. The Bertz CT molecular complexity index is 414. The largest absolute Gasteiger partial charge is 0.388 e. The third-order valence-electron chi connectivity index (χ3n) is 2.17. The Morgan fingerprint density at radius 2 is 1.81 bits per heavy atom. The van der Waals surface area contributed by atoms with Gasteiger partial charge < -0.3 is 5.32 Å². The van der Waals surface area contributed by atoms with E-state index in [0.717, 1.165) is 20.8 Å². The molecule has 0 fully saturated rings. The zero-order chi connectivity index (χ0) is 12.1. The van der Waals surface area contributed by atoms with E-state index < -0.39 is 0 Å². The molecule has 0 radical (unpaired) electrons. The molecule has 0 amide bonds. The van der Waals surface area contributed by atoms with Gasteiger partial charge in [-0.15, -0.1) is 0 Å². The highest BCUT2D eigenvalue weighted by molar-refractivity contribution is 9.11. The minimum absolute atomic E-state index is 0.750. The van der Waals surface area contributed by atoms with Gasteiger partial charge in [0.05, 0.1) is 0 Å². The molecule has 0 heterocycles. The second-order valence-corrected chi connectivity index (χ2v) is 4.95. The molecule has 0 saturated carbocycles. The number of nitrogens with one attached hydrogen (secondary N) is 1. The Kier molecular flexibility index (Phi) is 5.10. The molecule has 1 N–H and O–H groups in total. The molecule has 16 heavy (non-hydrogen) atoms. The Balaban J connectivity index is 3.08. The van der Waals surface area contributed by atoms with Gasteiger partial charge in [0.25, 0.3) is 0 Å². The molecule has 0 atom stereocenters. The van der Waals surface area contributed by atoms with Crippen molar-refractivity contribution in [2.24, 2.45) is 0 Å². The van der Waals surface area contributed by atoms with E-state index in [9.17, 15) is 0 Å². The van der Waals surface area contributed by atoms with Gasteiger partial charge in [-0.1, -0.05) is 45.2 Å². The lowest BCUT2D eigenvalue weighted by Crippen LogP contribution is -2.04. The van der Waals surface area contributed by atoms with Crippen LogP contribution in [-0.4, -0.2) is 7.05 Å². The lowest BCUT2D eigenvalue weighted by Gasteiger charge is -2.07. The van der Waals surface area contributed by atoms with Crippen LogP contribution in [0.4, 0.5) is 0 Å². The lowest BCUT2D eigenvalue weighted by atomic mass is 10.1. The quantitative estimate of drug-likeness (QED) is 0.805. The summed E-state index contributed by atoms with van der Waals surface area (Å²) < 4.78 is 1.09. The minimum Gasteiger partial charge on any atom is -0.388 e. The van der Waals surface area contributed by atoms with Gasteiger partial charge in [0.1, 0.15) is 0 Å². The van der Waals surface area contributed by atoms with Crippen LogP contribution >= 0.6 is 27.5 Å². The molecule has 0 aliphatic heterocycles. The van der Waals surface area contributed by atoms with Crippen molar-refractivity contribution in [2.45, 2.75) is 13.8 Å². The van der Waals surface area contributed by atoms with E-state index in [1.807, 2.05) is 31.3 Å². The SMILES string of the molecule is CN/C(=C\C(Br)=C(C)C)c1ccc(Cl)cc1. The molecule has 0 bridgehead atoms. The maximum absolute atomic E-state index is 5.86. The second-order valence-electron chi connectivity index (χ2n) is 3.66. The van der Waals surface area contributed by atoms with Crippen molar-refractivity contribution in [3.63, 3.8) is 0 Å². The molecule has 0 saturated heterocycles. The van der Waals surface area contributed by atoms with E-state index in [4.69, 9.17) is 11.6 Å². The Morgan fingerprint density at radius 3 is 2.25 bits per heavy atom. The van der Waals surface area contributed by atoms with Gasteiger partial charge in [-0.05, 0) is 37.6 Å². The van der Waals surface area contributed by atoms with Crippen LogP contribution in [0.1, 0.15) is 19.4 Å². The first-order valence-electron chi connectivity index (χ1n) is 5.03. The van der Waals surface area contributed by atoms with Crippen molar-refractivity contribution < 1.29 is 0 Å². The van der Waals surface area contributed by atoms with Crippen LogP contribution in [0.3, 0.4) is 0 Å². The van der Waals surface area contributed by atoms with E-state index in [-0.39, 0.29) is 0 Å². The first-order valence-corrected chi connectivity index (χ1v) is 6.20. The molecule has 1 aromatic rings. The summed E-state index contributed by atoms with van der Waals surface area (Å²) in [4.78, 5) is 0. The fourth-order valence-electron chi connectivity index (χ4n) is 1.20. The fraction of sp³-hybridized carbons (Fsp3) is 0.231. The second kappa shape index (κ2) is 6.12. The maximum atomic E-state index is 5.86. The molecule has 3 heteroatoms. The number of allylic oxidation sites excluding steroid dienone is 3. The molecule has 0 aliphatic rings. The molecule has 1 rings (SSSR count). The van der Waals surface area contributed by atoms with Crippen molar-refractivity contribution >= 4 is 33.2 Å². The number of hydrogen-bond acceptors (Lipinski definition) is 1. The maximum Gasteiger partial charge on any atom is 0.0422 e. The Labute approximate surface area is 110 Å². The van der Waals surface area contributed by atoms with E-state index in [1.54, 1.807) is 0 Å². The number of hydrogen-bond donors (Lipinski definition) is 1. The lowest BCUT2D eigenvalue weighted by molar-refractivity contribution is 1.12. The zero-order valence-corrected chi connectivity index (χ0v) is 12.0. The number of rotatable bonds is 3. The normalized spacial score (nSPS) is 11.2. The summed E-state index contributed by atoms with van der Waals surface area (Å²) in [6, 6.07) is 7.77. The van der Waals surface area contributed by atoms with Crippen molar-refractivity contribution in [1.82, 2.24) is 5.32 Å². The van der Waals surface area contributed by atoms with Crippen molar-refractivity contribution in [1.29, 1.82) is 0 Å². The number of halogens is 2. The van der Waals surface area contributed by atoms with Crippen molar-refractivity contribution in [3.8, 4) is 0 Å². The number of benzene rings is 1. The van der Waals surface area contributed by atoms with Crippen LogP contribution in [-0.2, 0) is 0 Å². The van der Waals surface area contributed by atoms with Gasteiger partial charge in [0.2, 0.25) is 0 Å². The standard InChI is InChI=1S/C13H15BrClN/c1-9(2)12(14)8-13(16-3)10-4-6-11(15)7-5-10/h4-8,16H,1-3H3/b13-8-. The van der Waals surface area contributed by atoms with E-state index in [1.165, 1.54) is 5.57 Å². The van der Waals surface area contributed by atoms with Crippen LogP contribution in [0.15, 0.2) is 40.4 Å². The molecular weight excluding hydrogens is 286 g/mol. The van der Waals surface area contributed by atoms with E-state index in [2.05, 4.69) is 41.2 Å². The summed E-state index contributed by atoms with van der Waals surface area (Å²) in [6.45, 7) is 4.13. The van der Waals surface area contributed by atoms with Gasteiger partial charge in [-0.25, -0.2) is 0 Å². The monoisotopic (exact) mass is 299 g/mol. The third-order valence-corrected chi connectivity index (χ3v) is 3.45. The predicted octanol–water partition coefficient (Wildman–Crippen LogP) is 4.59. The van der Waals surface area contributed by atoms with Gasteiger partial charge in [0, 0.05) is 22.2 Å². The Hall–Kier alpha value is -0.730. The molecule has 0 unspecified atom stereocenters. The van der Waals surface area contributed by atoms with Crippen molar-refractivity contribution in [3.05, 3.63) is 51.0 Å². The first-order chi connectivity index (χ1) is 7.54.